The van der Waals surface area contributed by atoms with E-state index in [0.29, 0.717) is 6.04 Å². The van der Waals surface area contributed by atoms with Gasteiger partial charge in [0.25, 0.3) is 0 Å². The number of aromatic hydroxyl groups is 1. The van der Waals surface area contributed by atoms with Gasteiger partial charge in [-0.25, -0.2) is 0 Å². The normalized spacial score (nSPS) is 20.3. The summed E-state index contributed by atoms with van der Waals surface area (Å²) >= 11 is 0. The van der Waals surface area contributed by atoms with Crippen LogP contribution in [0.3, 0.4) is 0 Å². The zero-order valence-electron chi connectivity index (χ0n) is 9.98. The molecule has 3 N–H and O–H groups in total. The fourth-order valence-electron chi connectivity index (χ4n) is 2.22. The molecule has 1 aliphatic heterocycles. The Morgan fingerprint density at radius 2 is 2.18 bits per heavy atom. The van der Waals surface area contributed by atoms with Gasteiger partial charge in [0.05, 0.1) is 6.20 Å². The maximum Gasteiger partial charge on any atom is 0.204 e. The molecule has 1 aliphatic rings. The monoisotopic (exact) mass is 234 g/mol. The Balaban J connectivity index is 2.30. The van der Waals surface area contributed by atoms with Crippen LogP contribution in [0.4, 0.5) is 0 Å². The highest BCUT2D eigenvalue weighted by atomic mass is 16.3. The summed E-state index contributed by atoms with van der Waals surface area (Å²) in [6, 6.07) is 3.29. The molecule has 0 aliphatic carbocycles. The van der Waals surface area contributed by atoms with Crippen molar-refractivity contribution in [3.05, 3.63) is 23.8 Å². The first-order valence-electron chi connectivity index (χ1n) is 5.91. The van der Waals surface area contributed by atoms with Crippen LogP contribution in [0.15, 0.2) is 18.3 Å². The molecule has 1 atom stereocenters. The van der Waals surface area contributed by atoms with Crippen LogP contribution in [-0.2, 0) is 0 Å². The van der Waals surface area contributed by atoms with E-state index in [1.54, 1.807) is 0 Å². The molecule has 5 heteroatoms. The topological polar surface area (TPSA) is 76.1 Å². The van der Waals surface area contributed by atoms with Crippen LogP contribution >= 0.6 is 0 Å². The van der Waals surface area contributed by atoms with Crippen molar-refractivity contribution in [3.63, 3.8) is 0 Å². The summed E-state index contributed by atoms with van der Waals surface area (Å²) in [5.41, 5.74) is 0.213. The maximum atomic E-state index is 9.43. The van der Waals surface area contributed by atoms with Crippen LogP contribution < -0.4 is 5.49 Å². The Hall–Kier alpha value is -1.78. The highest BCUT2D eigenvalue weighted by molar-refractivity contribution is 5.79. The van der Waals surface area contributed by atoms with E-state index in [9.17, 15) is 5.11 Å². The summed E-state index contributed by atoms with van der Waals surface area (Å²) in [5.74, 6) is 0.355. The Labute approximate surface area is 100 Å². The van der Waals surface area contributed by atoms with Gasteiger partial charge in [0.15, 0.2) is 0 Å². The van der Waals surface area contributed by atoms with Crippen molar-refractivity contribution in [1.82, 2.24) is 9.47 Å². The Bertz CT molecular complexity index is 480. The molecule has 1 fully saturated rings. The second-order valence-electron chi connectivity index (χ2n) is 4.50. The third-order valence-corrected chi connectivity index (χ3v) is 3.24. The second kappa shape index (κ2) is 4.61. The molecule has 2 rings (SSSR count). The molecule has 0 bridgehead atoms. The number of nitrogens with one attached hydrogen (secondary N) is 2. The first-order chi connectivity index (χ1) is 8.09. The van der Waals surface area contributed by atoms with E-state index in [1.165, 1.54) is 29.3 Å². The molecule has 92 valence electrons. The van der Waals surface area contributed by atoms with Gasteiger partial charge in [0.1, 0.15) is 11.2 Å². The molecule has 1 saturated heterocycles. The summed E-state index contributed by atoms with van der Waals surface area (Å²) in [7, 11) is 0. The lowest BCUT2D eigenvalue weighted by atomic mass is 10.0. The fraction of sp³-hybridized carbons (Fsp3) is 0.500. The van der Waals surface area contributed by atoms with Gasteiger partial charge in [-0.3, -0.25) is 15.4 Å². The zero-order chi connectivity index (χ0) is 12.4. The second-order valence-corrected chi connectivity index (χ2v) is 4.50. The molecule has 5 nitrogen and oxygen atoms in total. The van der Waals surface area contributed by atoms with Gasteiger partial charge in [-0.05, 0) is 38.3 Å². The van der Waals surface area contributed by atoms with Crippen molar-refractivity contribution in [1.29, 1.82) is 10.8 Å². The highest BCUT2D eigenvalue weighted by Gasteiger charge is 2.21. The van der Waals surface area contributed by atoms with E-state index in [1.807, 2.05) is 4.90 Å². The molecule has 0 amide bonds. The summed E-state index contributed by atoms with van der Waals surface area (Å²) in [6.07, 6.45) is 4.78. The van der Waals surface area contributed by atoms with E-state index in [4.69, 9.17) is 10.8 Å². The number of aromatic nitrogens is 1. The Morgan fingerprint density at radius 3 is 2.88 bits per heavy atom. The Morgan fingerprint density at radius 1 is 1.41 bits per heavy atom. The number of rotatable bonds is 0. The lowest BCUT2D eigenvalue weighted by Gasteiger charge is -2.35. The smallest absolute Gasteiger partial charge is 0.204 e. The van der Waals surface area contributed by atoms with E-state index < -0.39 is 0 Å². The first-order valence-corrected chi connectivity index (χ1v) is 5.91. The van der Waals surface area contributed by atoms with Crippen LogP contribution in [0.5, 0.6) is 5.75 Å². The van der Waals surface area contributed by atoms with Gasteiger partial charge in [0, 0.05) is 12.6 Å². The van der Waals surface area contributed by atoms with Crippen molar-refractivity contribution < 1.29 is 5.11 Å². The largest absolute Gasteiger partial charge is 0.506 e. The lowest BCUT2D eigenvalue weighted by molar-refractivity contribution is 0.249. The first kappa shape index (κ1) is 11.7. The number of nitrogens with zero attached hydrogens (tertiary/aromatic N) is 2. The van der Waals surface area contributed by atoms with Crippen LogP contribution in [0.2, 0.25) is 0 Å². The molecular weight excluding hydrogens is 216 g/mol. The van der Waals surface area contributed by atoms with Crippen LogP contribution in [0.25, 0.3) is 0 Å². The Kier molecular flexibility index (Phi) is 3.17. The minimum absolute atomic E-state index is 0.0791. The number of hydrogen-bond acceptors (Lipinski definition) is 3. The molecule has 0 radical (unpaired) electrons. The van der Waals surface area contributed by atoms with Crippen molar-refractivity contribution >= 4 is 5.96 Å². The van der Waals surface area contributed by atoms with E-state index in [2.05, 4.69) is 6.92 Å². The van der Waals surface area contributed by atoms with Gasteiger partial charge in [-0.15, -0.1) is 0 Å². The average molecular weight is 234 g/mol. The number of piperidine rings is 1. The van der Waals surface area contributed by atoms with Crippen molar-refractivity contribution in [2.75, 3.05) is 6.54 Å². The molecule has 17 heavy (non-hydrogen) atoms. The molecule has 2 heterocycles. The SMILES string of the molecule is CC1CCCCN1C(=N)n1cc(O)ccc1=N. The van der Waals surface area contributed by atoms with Gasteiger partial charge < -0.3 is 10.0 Å². The number of hydrogen-bond donors (Lipinski definition) is 3. The van der Waals surface area contributed by atoms with Gasteiger partial charge in [0.2, 0.25) is 5.96 Å². The number of pyridine rings is 1. The van der Waals surface area contributed by atoms with Crippen LogP contribution in [0.1, 0.15) is 26.2 Å². The van der Waals surface area contributed by atoms with Crippen LogP contribution in [0, 0.1) is 10.8 Å². The molecule has 0 saturated carbocycles. The zero-order valence-corrected chi connectivity index (χ0v) is 9.98. The van der Waals surface area contributed by atoms with Crippen LogP contribution in [-0.4, -0.2) is 33.1 Å². The lowest BCUT2D eigenvalue weighted by Crippen LogP contribution is -2.47. The van der Waals surface area contributed by atoms with Gasteiger partial charge in [-0.2, -0.15) is 0 Å². The molecular formula is C12H18N4O. The summed E-state index contributed by atoms with van der Waals surface area (Å²) in [6.45, 7) is 2.95. The highest BCUT2D eigenvalue weighted by Crippen LogP contribution is 2.17. The average Bonchev–Trinajstić information content (AvgIpc) is 2.32. The molecule has 0 aromatic carbocycles. The summed E-state index contributed by atoms with van der Waals surface area (Å²) in [4.78, 5) is 1.99. The van der Waals surface area contributed by atoms with E-state index in [0.717, 1.165) is 19.4 Å². The molecule has 1 unspecified atom stereocenters. The third-order valence-electron chi connectivity index (χ3n) is 3.24. The minimum atomic E-state index is 0.0791. The number of likely N-dealkylation sites (tertiary alicyclic amines) is 1. The molecule has 1 aromatic rings. The van der Waals surface area contributed by atoms with E-state index in [-0.39, 0.29) is 17.2 Å². The van der Waals surface area contributed by atoms with Crippen molar-refractivity contribution in [3.8, 4) is 5.75 Å². The van der Waals surface area contributed by atoms with Crippen molar-refractivity contribution in [2.45, 2.75) is 32.2 Å². The third kappa shape index (κ3) is 2.33. The summed E-state index contributed by atoms with van der Waals surface area (Å²) < 4.78 is 1.41. The predicted molar refractivity (Wildman–Crippen MR) is 65.1 cm³/mol. The van der Waals surface area contributed by atoms with Gasteiger partial charge >= 0.3 is 0 Å². The minimum Gasteiger partial charge on any atom is -0.506 e. The molecule has 0 spiro atoms. The van der Waals surface area contributed by atoms with Gasteiger partial charge in [-0.1, -0.05) is 0 Å². The summed E-state index contributed by atoms with van der Waals surface area (Å²) in [5, 5.41) is 25.3. The maximum absolute atomic E-state index is 9.43. The standard InChI is InChI=1S/C12H18N4O/c1-9-4-2-3-7-15(9)12(14)16-8-10(17)5-6-11(16)13/h5-6,8-9,13-14,17H,2-4,7H2,1H3. The molecule has 1 aromatic heterocycles. The predicted octanol–water partition coefficient (Wildman–Crippen LogP) is 1.33. The fourth-order valence-corrected chi connectivity index (χ4v) is 2.22. The quantitative estimate of drug-likeness (QED) is 0.468. The van der Waals surface area contributed by atoms with Crippen molar-refractivity contribution in [2.24, 2.45) is 0 Å². The van der Waals surface area contributed by atoms with E-state index >= 15 is 0 Å².